The first-order chi connectivity index (χ1) is 11.0. The topological polar surface area (TPSA) is 75.6 Å². The number of aliphatic carboxylic acids is 1. The van der Waals surface area contributed by atoms with Crippen molar-refractivity contribution in [3.8, 4) is 5.75 Å². The predicted octanol–water partition coefficient (Wildman–Crippen LogP) is 3.26. The zero-order valence-electron chi connectivity index (χ0n) is 13.0. The monoisotopic (exact) mass is 333 g/mol. The van der Waals surface area contributed by atoms with Gasteiger partial charge in [-0.2, -0.15) is 0 Å². The van der Waals surface area contributed by atoms with E-state index in [0.29, 0.717) is 5.75 Å². The SMILES string of the molecule is CCc1ccsc1C(=O)NC(C)c1ccc(OCC(=O)O)cc1. The average Bonchev–Trinajstić information content (AvgIpc) is 3.02. The standard InChI is InChI=1S/C17H19NO4S/c1-3-12-8-9-23-16(12)17(21)18-11(2)13-4-6-14(7-5-13)22-10-15(19)20/h4-9,11H,3,10H2,1-2H3,(H,18,21)(H,19,20). The molecule has 0 fully saturated rings. The number of nitrogens with one attached hydrogen (secondary N) is 1. The first-order valence-electron chi connectivity index (χ1n) is 7.33. The van der Waals surface area contributed by atoms with Gasteiger partial charge >= 0.3 is 5.97 Å². The summed E-state index contributed by atoms with van der Waals surface area (Å²) in [5.74, 6) is -0.603. The molecule has 122 valence electrons. The molecule has 0 radical (unpaired) electrons. The second kappa shape index (κ2) is 7.78. The summed E-state index contributed by atoms with van der Waals surface area (Å²) < 4.78 is 5.09. The number of carboxylic acids is 1. The third-order valence-electron chi connectivity index (χ3n) is 3.42. The van der Waals surface area contributed by atoms with Crippen LogP contribution in [0.15, 0.2) is 35.7 Å². The van der Waals surface area contributed by atoms with Gasteiger partial charge in [-0.1, -0.05) is 19.1 Å². The highest BCUT2D eigenvalue weighted by Gasteiger charge is 2.15. The summed E-state index contributed by atoms with van der Waals surface area (Å²) in [6, 6.07) is 8.85. The third-order valence-corrected chi connectivity index (χ3v) is 4.38. The Labute approximate surface area is 138 Å². The van der Waals surface area contributed by atoms with Gasteiger partial charge in [-0.15, -0.1) is 11.3 Å². The fraction of sp³-hybridized carbons (Fsp3) is 0.294. The Morgan fingerprint density at radius 3 is 2.57 bits per heavy atom. The summed E-state index contributed by atoms with van der Waals surface area (Å²) in [4.78, 5) is 23.5. The first kappa shape index (κ1) is 17.0. The number of hydrogen-bond donors (Lipinski definition) is 2. The van der Waals surface area contributed by atoms with E-state index < -0.39 is 5.97 Å². The molecule has 1 heterocycles. The number of rotatable bonds is 7. The molecule has 1 amide bonds. The molecule has 23 heavy (non-hydrogen) atoms. The quantitative estimate of drug-likeness (QED) is 0.815. The number of aryl methyl sites for hydroxylation is 1. The number of benzene rings is 1. The first-order valence-corrected chi connectivity index (χ1v) is 8.21. The van der Waals surface area contributed by atoms with Gasteiger partial charge in [0.2, 0.25) is 0 Å². The van der Waals surface area contributed by atoms with Crippen molar-refractivity contribution >= 4 is 23.2 Å². The van der Waals surface area contributed by atoms with Crippen LogP contribution >= 0.6 is 11.3 Å². The van der Waals surface area contributed by atoms with Gasteiger partial charge in [-0.05, 0) is 48.1 Å². The van der Waals surface area contributed by atoms with Gasteiger partial charge in [-0.25, -0.2) is 4.79 Å². The molecule has 0 saturated carbocycles. The minimum atomic E-state index is -1.02. The Morgan fingerprint density at radius 1 is 1.26 bits per heavy atom. The summed E-state index contributed by atoms with van der Waals surface area (Å²) in [5, 5.41) is 13.5. The minimum absolute atomic E-state index is 0.0736. The number of carbonyl (C=O) groups is 2. The highest BCUT2D eigenvalue weighted by atomic mass is 32.1. The molecular formula is C17H19NO4S. The van der Waals surface area contributed by atoms with Crippen molar-refractivity contribution in [1.29, 1.82) is 0 Å². The third kappa shape index (κ3) is 4.56. The fourth-order valence-corrected chi connectivity index (χ4v) is 3.05. The highest BCUT2D eigenvalue weighted by Crippen LogP contribution is 2.21. The smallest absolute Gasteiger partial charge is 0.341 e. The van der Waals surface area contributed by atoms with Crippen LogP contribution in [0.5, 0.6) is 5.75 Å². The van der Waals surface area contributed by atoms with Crippen LogP contribution in [-0.2, 0) is 11.2 Å². The zero-order chi connectivity index (χ0) is 16.8. The Hall–Kier alpha value is -2.34. The lowest BCUT2D eigenvalue weighted by Crippen LogP contribution is -2.26. The second-order valence-electron chi connectivity index (χ2n) is 5.08. The van der Waals surface area contributed by atoms with Crippen molar-refractivity contribution in [2.45, 2.75) is 26.3 Å². The van der Waals surface area contributed by atoms with Crippen molar-refractivity contribution in [3.63, 3.8) is 0 Å². The van der Waals surface area contributed by atoms with Crippen LogP contribution in [0.25, 0.3) is 0 Å². The molecule has 1 unspecified atom stereocenters. The maximum Gasteiger partial charge on any atom is 0.341 e. The van der Waals surface area contributed by atoms with Crippen LogP contribution in [0, 0.1) is 0 Å². The Kier molecular flexibility index (Phi) is 5.76. The number of hydrogen-bond acceptors (Lipinski definition) is 4. The number of carboxylic acid groups (broad SMARTS) is 1. The summed E-state index contributed by atoms with van der Waals surface area (Å²) in [7, 11) is 0. The van der Waals surface area contributed by atoms with Gasteiger partial charge in [-0.3, -0.25) is 4.79 Å². The van der Waals surface area contributed by atoms with Crippen molar-refractivity contribution in [2.75, 3.05) is 6.61 Å². The van der Waals surface area contributed by atoms with Crippen LogP contribution < -0.4 is 10.1 Å². The van der Waals surface area contributed by atoms with Gasteiger partial charge in [0.25, 0.3) is 5.91 Å². The largest absolute Gasteiger partial charge is 0.482 e. The molecule has 2 aromatic rings. The van der Waals surface area contributed by atoms with E-state index in [1.54, 1.807) is 12.1 Å². The fourth-order valence-electron chi connectivity index (χ4n) is 2.16. The maximum absolute atomic E-state index is 12.3. The van der Waals surface area contributed by atoms with Crippen LogP contribution in [-0.4, -0.2) is 23.6 Å². The van der Waals surface area contributed by atoms with Gasteiger partial charge in [0.15, 0.2) is 6.61 Å². The van der Waals surface area contributed by atoms with Gasteiger partial charge < -0.3 is 15.2 Å². The average molecular weight is 333 g/mol. The van der Waals surface area contributed by atoms with E-state index >= 15 is 0 Å². The van der Waals surface area contributed by atoms with E-state index in [1.165, 1.54) is 11.3 Å². The summed E-state index contributed by atoms with van der Waals surface area (Å²) in [6.45, 7) is 3.56. The molecule has 1 atom stereocenters. The van der Waals surface area contributed by atoms with Crippen molar-refractivity contribution < 1.29 is 19.4 Å². The van der Waals surface area contributed by atoms with Crippen LogP contribution in [0.4, 0.5) is 0 Å². The molecule has 0 aliphatic rings. The molecule has 0 aliphatic heterocycles. The zero-order valence-corrected chi connectivity index (χ0v) is 13.9. The molecule has 2 N–H and O–H groups in total. The lowest BCUT2D eigenvalue weighted by molar-refractivity contribution is -0.139. The normalized spacial score (nSPS) is 11.7. The van der Waals surface area contributed by atoms with E-state index in [-0.39, 0.29) is 18.6 Å². The molecule has 1 aromatic heterocycles. The van der Waals surface area contributed by atoms with E-state index in [1.807, 2.05) is 37.4 Å². The van der Waals surface area contributed by atoms with Crippen molar-refractivity contribution in [2.24, 2.45) is 0 Å². The molecule has 6 heteroatoms. The van der Waals surface area contributed by atoms with Crippen molar-refractivity contribution in [3.05, 3.63) is 51.7 Å². The number of carbonyl (C=O) groups excluding carboxylic acids is 1. The summed E-state index contributed by atoms with van der Waals surface area (Å²) >= 11 is 1.44. The minimum Gasteiger partial charge on any atom is -0.482 e. The van der Waals surface area contributed by atoms with Crippen LogP contribution in [0.1, 0.15) is 40.7 Å². The van der Waals surface area contributed by atoms with E-state index in [9.17, 15) is 9.59 Å². The lowest BCUT2D eigenvalue weighted by Gasteiger charge is -2.15. The Morgan fingerprint density at radius 2 is 1.96 bits per heavy atom. The van der Waals surface area contributed by atoms with Crippen molar-refractivity contribution in [1.82, 2.24) is 5.32 Å². The Bertz CT molecular complexity index is 678. The highest BCUT2D eigenvalue weighted by molar-refractivity contribution is 7.12. The predicted molar refractivity (Wildman–Crippen MR) is 89.2 cm³/mol. The van der Waals surface area contributed by atoms with E-state index in [2.05, 4.69) is 5.32 Å². The number of ether oxygens (including phenoxy) is 1. The number of amides is 1. The molecule has 2 rings (SSSR count). The van der Waals surface area contributed by atoms with Gasteiger partial charge in [0.05, 0.1) is 10.9 Å². The summed E-state index contributed by atoms with van der Waals surface area (Å²) in [5.41, 5.74) is 1.98. The van der Waals surface area contributed by atoms with E-state index in [0.717, 1.165) is 22.4 Å². The summed E-state index contributed by atoms with van der Waals surface area (Å²) in [6.07, 6.45) is 0.830. The molecule has 1 aromatic carbocycles. The molecular weight excluding hydrogens is 314 g/mol. The molecule has 0 spiro atoms. The number of thiophene rings is 1. The molecule has 5 nitrogen and oxygen atoms in total. The lowest BCUT2D eigenvalue weighted by atomic mass is 10.1. The molecule has 0 bridgehead atoms. The molecule has 0 aliphatic carbocycles. The van der Waals surface area contributed by atoms with Crippen LogP contribution in [0.2, 0.25) is 0 Å². The Balaban J connectivity index is 1.99. The van der Waals surface area contributed by atoms with Gasteiger partial charge in [0.1, 0.15) is 5.75 Å². The van der Waals surface area contributed by atoms with E-state index in [4.69, 9.17) is 9.84 Å². The second-order valence-corrected chi connectivity index (χ2v) is 5.99. The van der Waals surface area contributed by atoms with Crippen LogP contribution in [0.3, 0.4) is 0 Å². The maximum atomic E-state index is 12.3. The molecule has 0 saturated heterocycles. The van der Waals surface area contributed by atoms with Gasteiger partial charge in [0, 0.05) is 0 Å².